The molecular weight excluding hydrogens is 338 g/mol. The number of halogens is 2. The Morgan fingerprint density at radius 1 is 1.00 bits per heavy atom. The van der Waals surface area contributed by atoms with Crippen LogP contribution in [0, 0.1) is 17.6 Å². The zero-order chi connectivity index (χ0) is 18.5. The van der Waals surface area contributed by atoms with Crippen LogP contribution in [0.1, 0.15) is 17.5 Å². The Kier molecular flexibility index (Phi) is 5.61. The van der Waals surface area contributed by atoms with Gasteiger partial charge in [0.2, 0.25) is 11.8 Å². The molecule has 1 aliphatic heterocycles. The summed E-state index contributed by atoms with van der Waals surface area (Å²) in [5, 5.41) is 2.84. The van der Waals surface area contributed by atoms with Gasteiger partial charge in [0.15, 0.2) is 0 Å². The Bertz CT molecular complexity index is 775. The summed E-state index contributed by atoms with van der Waals surface area (Å²) in [5.74, 6) is -1.21. The van der Waals surface area contributed by atoms with Gasteiger partial charge in [0.05, 0.1) is 5.92 Å². The molecule has 1 atom stereocenters. The lowest BCUT2D eigenvalue weighted by Crippen LogP contribution is -2.34. The van der Waals surface area contributed by atoms with Crippen LogP contribution < -0.4 is 5.32 Å². The van der Waals surface area contributed by atoms with Gasteiger partial charge in [-0.15, -0.1) is 0 Å². The summed E-state index contributed by atoms with van der Waals surface area (Å²) in [6.45, 7) is 1.17. The average molecular weight is 358 g/mol. The quantitative estimate of drug-likeness (QED) is 0.863. The van der Waals surface area contributed by atoms with Crippen molar-refractivity contribution in [2.45, 2.75) is 19.4 Å². The first kappa shape index (κ1) is 18.0. The van der Waals surface area contributed by atoms with E-state index in [1.54, 1.807) is 29.2 Å². The van der Waals surface area contributed by atoms with E-state index in [1.165, 1.54) is 24.3 Å². The lowest BCUT2D eigenvalue weighted by atomic mass is 10.1. The van der Waals surface area contributed by atoms with E-state index in [1.807, 2.05) is 0 Å². The lowest BCUT2D eigenvalue weighted by molar-refractivity contribution is -0.129. The summed E-state index contributed by atoms with van der Waals surface area (Å²) in [7, 11) is 0. The maximum Gasteiger partial charge on any atom is 0.225 e. The zero-order valence-electron chi connectivity index (χ0n) is 14.3. The minimum Gasteiger partial charge on any atom is -0.355 e. The van der Waals surface area contributed by atoms with Crippen molar-refractivity contribution in [3.05, 3.63) is 71.3 Å². The molecule has 2 amide bonds. The summed E-state index contributed by atoms with van der Waals surface area (Å²) >= 11 is 0. The third-order valence-corrected chi connectivity index (χ3v) is 4.50. The number of likely N-dealkylation sites (tertiary alicyclic amines) is 1. The van der Waals surface area contributed by atoms with Crippen LogP contribution in [0.2, 0.25) is 0 Å². The molecule has 1 aliphatic rings. The molecule has 3 rings (SSSR count). The first-order valence-corrected chi connectivity index (χ1v) is 8.55. The summed E-state index contributed by atoms with van der Waals surface area (Å²) in [4.78, 5) is 26.0. The fourth-order valence-corrected chi connectivity index (χ4v) is 3.04. The molecule has 0 saturated carbocycles. The molecule has 2 aromatic rings. The highest BCUT2D eigenvalue weighted by Gasteiger charge is 2.33. The van der Waals surface area contributed by atoms with E-state index in [-0.39, 0.29) is 35.8 Å². The Morgan fingerprint density at radius 2 is 1.58 bits per heavy atom. The molecule has 0 aliphatic carbocycles. The predicted molar refractivity (Wildman–Crippen MR) is 93.0 cm³/mol. The second-order valence-electron chi connectivity index (χ2n) is 6.47. The van der Waals surface area contributed by atoms with Gasteiger partial charge in [-0.05, 0) is 41.8 Å². The number of carbonyl (C=O) groups is 2. The van der Waals surface area contributed by atoms with Crippen molar-refractivity contribution in [3.63, 3.8) is 0 Å². The van der Waals surface area contributed by atoms with Crippen LogP contribution in [0.15, 0.2) is 48.5 Å². The van der Waals surface area contributed by atoms with E-state index in [0.717, 1.165) is 11.1 Å². The molecule has 26 heavy (non-hydrogen) atoms. The first-order chi connectivity index (χ1) is 12.5. The van der Waals surface area contributed by atoms with Crippen LogP contribution in [0.4, 0.5) is 8.78 Å². The molecule has 136 valence electrons. The number of rotatable bonds is 6. The van der Waals surface area contributed by atoms with Gasteiger partial charge < -0.3 is 10.2 Å². The monoisotopic (exact) mass is 358 g/mol. The normalized spacial score (nSPS) is 16.8. The molecule has 0 bridgehead atoms. The van der Waals surface area contributed by atoms with E-state index in [4.69, 9.17) is 0 Å². The maximum absolute atomic E-state index is 13.0. The number of amides is 2. The van der Waals surface area contributed by atoms with Crippen LogP contribution in [-0.2, 0) is 22.6 Å². The average Bonchev–Trinajstić information content (AvgIpc) is 2.99. The van der Waals surface area contributed by atoms with Crippen LogP contribution in [0.5, 0.6) is 0 Å². The van der Waals surface area contributed by atoms with Crippen LogP contribution >= 0.6 is 0 Å². The smallest absolute Gasteiger partial charge is 0.225 e. The second kappa shape index (κ2) is 8.08. The number of benzene rings is 2. The van der Waals surface area contributed by atoms with Gasteiger partial charge in [-0.25, -0.2) is 8.78 Å². The van der Waals surface area contributed by atoms with Crippen molar-refractivity contribution >= 4 is 11.8 Å². The number of nitrogens with zero attached hydrogens (tertiary/aromatic N) is 1. The molecule has 1 N–H and O–H groups in total. The molecular formula is C20H20F2N2O2. The Labute approximate surface area is 150 Å². The van der Waals surface area contributed by atoms with Gasteiger partial charge in [0, 0.05) is 26.1 Å². The minimum atomic E-state index is -0.379. The van der Waals surface area contributed by atoms with E-state index in [9.17, 15) is 18.4 Å². The molecule has 1 fully saturated rings. The molecule has 4 nitrogen and oxygen atoms in total. The third kappa shape index (κ3) is 4.65. The number of hydrogen-bond donors (Lipinski definition) is 1. The van der Waals surface area contributed by atoms with Gasteiger partial charge in [0.25, 0.3) is 0 Å². The van der Waals surface area contributed by atoms with Gasteiger partial charge in [-0.3, -0.25) is 9.59 Å². The van der Waals surface area contributed by atoms with E-state index >= 15 is 0 Å². The van der Waals surface area contributed by atoms with Crippen molar-refractivity contribution in [1.82, 2.24) is 10.2 Å². The number of carbonyl (C=O) groups excluding carboxylic acids is 2. The number of hydrogen-bond acceptors (Lipinski definition) is 2. The zero-order valence-corrected chi connectivity index (χ0v) is 14.3. The fraction of sp³-hybridized carbons (Fsp3) is 0.300. The van der Waals surface area contributed by atoms with Gasteiger partial charge >= 0.3 is 0 Å². The highest BCUT2D eigenvalue weighted by atomic mass is 19.1. The van der Waals surface area contributed by atoms with Crippen molar-refractivity contribution in [2.24, 2.45) is 5.92 Å². The molecule has 1 unspecified atom stereocenters. The van der Waals surface area contributed by atoms with Gasteiger partial charge in [0.1, 0.15) is 11.6 Å². The lowest BCUT2D eigenvalue weighted by Gasteiger charge is -2.16. The Hall–Kier alpha value is -2.76. The van der Waals surface area contributed by atoms with Crippen molar-refractivity contribution in [1.29, 1.82) is 0 Å². The molecule has 1 saturated heterocycles. The van der Waals surface area contributed by atoms with E-state index < -0.39 is 0 Å². The van der Waals surface area contributed by atoms with Crippen molar-refractivity contribution < 1.29 is 18.4 Å². The highest BCUT2D eigenvalue weighted by molar-refractivity contribution is 5.89. The SMILES string of the molecule is O=C(NCCc1ccc(F)cc1)C1CC(=O)N(Cc2ccc(F)cc2)C1. The molecule has 0 aromatic heterocycles. The summed E-state index contributed by atoms with van der Waals surface area (Å²) in [5.41, 5.74) is 1.77. The standard InChI is InChI=1S/C20H20F2N2O2/c21-17-5-1-14(2-6-17)9-10-23-20(26)16-11-19(25)24(13-16)12-15-3-7-18(22)8-4-15/h1-8,16H,9-13H2,(H,23,26). The van der Waals surface area contributed by atoms with Crippen LogP contribution in [-0.4, -0.2) is 29.8 Å². The second-order valence-corrected chi connectivity index (χ2v) is 6.47. The van der Waals surface area contributed by atoms with Gasteiger partial charge in [-0.1, -0.05) is 24.3 Å². The first-order valence-electron chi connectivity index (χ1n) is 8.55. The maximum atomic E-state index is 13.0. The predicted octanol–water partition coefficient (Wildman–Crippen LogP) is 2.67. The van der Waals surface area contributed by atoms with E-state index in [2.05, 4.69) is 5.32 Å². The Morgan fingerprint density at radius 3 is 2.19 bits per heavy atom. The topological polar surface area (TPSA) is 49.4 Å². The van der Waals surface area contributed by atoms with Gasteiger partial charge in [-0.2, -0.15) is 0 Å². The fourth-order valence-electron chi connectivity index (χ4n) is 3.04. The number of nitrogens with one attached hydrogen (secondary N) is 1. The minimum absolute atomic E-state index is 0.0759. The summed E-state index contributed by atoms with van der Waals surface area (Å²) < 4.78 is 25.8. The molecule has 0 spiro atoms. The summed E-state index contributed by atoms with van der Waals surface area (Å²) in [6.07, 6.45) is 0.787. The molecule has 0 radical (unpaired) electrons. The molecule has 2 aromatic carbocycles. The van der Waals surface area contributed by atoms with Crippen molar-refractivity contribution in [2.75, 3.05) is 13.1 Å². The molecule has 1 heterocycles. The van der Waals surface area contributed by atoms with E-state index in [0.29, 0.717) is 26.1 Å². The molecule has 6 heteroatoms. The van der Waals surface area contributed by atoms with Crippen LogP contribution in [0.3, 0.4) is 0 Å². The Balaban J connectivity index is 1.47. The highest BCUT2D eigenvalue weighted by Crippen LogP contribution is 2.20. The largest absolute Gasteiger partial charge is 0.355 e. The van der Waals surface area contributed by atoms with Crippen LogP contribution in [0.25, 0.3) is 0 Å². The van der Waals surface area contributed by atoms with Crippen molar-refractivity contribution in [3.8, 4) is 0 Å². The summed E-state index contributed by atoms with van der Waals surface area (Å²) in [6, 6.07) is 12.1. The third-order valence-electron chi connectivity index (χ3n) is 4.50.